The first-order chi connectivity index (χ1) is 15.3. The zero-order chi connectivity index (χ0) is 23.1. The molecule has 0 bridgehead atoms. The van der Waals surface area contributed by atoms with Crippen LogP contribution in [0, 0.1) is 0 Å². The Kier molecular flexibility index (Phi) is 7.53. The summed E-state index contributed by atoms with van der Waals surface area (Å²) in [6, 6.07) is 24.4. The maximum atomic E-state index is 13.0. The molecule has 0 saturated carbocycles. The molecule has 168 valence electrons. The van der Waals surface area contributed by atoms with Crippen molar-refractivity contribution in [2.24, 2.45) is 0 Å². The Morgan fingerprint density at radius 2 is 1.44 bits per heavy atom. The van der Waals surface area contributed by atoms with Gasteiger partial charge in [-0.05, 0) is 55.3 Å². The van der Waals surface area contributed by atoms with Gasteiger partial charge in [0, 0.05) is 0 Å². The molecule has 6 nitrogen and oxygen atoms in total. The van der Waals surface area contributed by atoms with E-state index in [0.717, 1.165) is 16.1 Å². The summed E-state index contributed by atoms with van der Waals surface area (Å²) in [6.45, 7) is 3.56. The molecule has 0 aromatic heterocycles. The third kappa shape index (κ3) is 5.88. The fourth-order valence-corrected chi connectivity index (χ4v) is 4.67. The van der Waals surface area contributed by atoms with Crippen LogP contribution in [0.1, 0.15) is 31.9 Å². The van der Waals surface area contributed by atoms with E-state index in [4.69, 9.17) is 4.74 Å². The topological polar surface area (TPSA) is 75.7 Å². The van der Waals surface area contributed by atoms with E-state index < -0.39 is 16.1 Å². The number of hydrogen-bond donors (Lipinski definition) is 1. The number of anilines is 1. The van der Waals surface area contributed by atoms with E-state index in [1.165, 1.54) is 0 Å². The maximum absolute atomic E-state index is 13.0. The summed E-state index contributed by atoms with van der Waals surface area (Å²) < 4.78 is 32.1. The van der Waals surface area contributed by atoms with Gasteiger partial charge in [-0.2, -0.15) is 0 Å². The first-order valence-corrected chi connectivity index (χ1v) is 12.3. The van der Waals surface area contributed by atoms with Crippen LogP contribution in [0.2, 0.25) is 0 Å². The summed E-state index contributed by atoms with van der Waals surface area (Å²) >= 11 is 0. The number of rotatable bonds is 9. The van der Waals surface area contributed by atoms with Crippen molar-refractivity contribution in [3.8, 4) is 11.5 Å². The third-order valence-corrected chi connectivity index (χ3v) is 6.33. The molecule has 1 amide bonds. The van der Waals surface area contributed by atoms with Crippen molar-refractivity contribution < 1.29 is 17.9 Å². The lowest BCUT2D eigenvalue weighted by Gasteiger charge is -2.30. The van der Waals surface area contributed by atoms with Crippen molar-refractivity contribution in [2.45, 2.75) is 32.4 Å². The molecule has 2 atom stereocenters. The average molecular weight is 453 g/mol. The van der Waals surface area contributed by atoms with Gasteiger partial charge in [0.15, 0.2) is 0 Å². The standard InChI is InChI=1S/C25H28N2O4S/c1-4-24(20-11-7-5-8-12-20)26-25(28)19(2)27(32(3,29)30)21-15-17-23(18-16-21)31-22-13-9-6-10-14-22/h5-19,24H,4H2,1-3H3,(H,26,28)/t19-,24-/m1/s1. The Morgan fingerprint density at radius 1 is 0.906 bits per heavy atom. The minimum Gasteiger partial charge on any atom is -0.457 e. The van der Waals surface area contributed by atoms with Crippen LogP contribution in [-0.4, -0.2) is 26.6 Å². The Balaban J connectivity index is 1.79. The molecule has 3 rings (SSSR count). The van der Waals surface area contributed by atoms with Crippen LogP contribution in [0.5, 0.6) is 11.5 Å². The predicted molar refractivity (Wildman–Crippen MR) is 127 cm³/mol. The highest BCUT2D eigenvalue weighted by atomic mass is 32.2. The van der Waals surface area contributed by atoms with Gasteiger partial charge in [0.2, 0.25) is 15.9 Å². The number of carbonyl (C=O) groups excluding carboxylic acids is 1. The van der Waals surface area contributed by atoms with E-state index in [9.17, 15) is 13.2 Å². The minimum atomic E-state index is -3.71. The normalized spacial score (nSPS) is 13.1. The molecule has 0 fully saturated rings. The summed E-state index contributed by atoms with van der Waals surface area (Å²) in [4.78, 5) is 13.0. The third-order valence-electron chi connectivity index (χ3n) is 5.09. The van der Waals surface area contributed by atoms with Gasteiger partial charge < -0.3 is 10.1 Å². The van der Waals surface area contributed by atoms with Crippen LogP contribution in [-0.2, 0) is 14.8 Å². The van der Waals surface area contributed by atoms with Crippen molar-refractivity contribution in [3.63, 3.8) is 0 Å². The van der Waals surface area contributed by atoms with E-state index in [2.05, 4.69) is 5.32 Å². The number of nitrogens with one attached hydrogen (secondary N) is 1. The molecular weight excluding hydrogens is 424 g/mol. The maximum Gasteiger partial charge on any atom is 0.244 e. The predicted octanol–water partition coefficient (Wildman–Crippen LogP) is 4.90. The van der Waals surface area contributed by atoms with Crippen LogP contribution in [0.4, 0.5) is 5.69 Å². The Labute approximate surface area is 189 Å². The molecule has 1 N–H and O–H groups in total. The number of para-hydroxylation sites is 1. The highest BCUT2D eigenvalue weighted by molar-refractivity contribution is 7.92. The van der Waals surface area contributed by atoms with E-state index in [1.54, 1.807) is 31.2 Å². The zero-order valence-corrected chi connectivity index (χ0v) is 19.2. The average Bonchev–Trinajstić information content (AvgIpc) is 2.79. The number of benzene rings is 3. The summed E-state index contributed by atoms with van der Waals surface area (Å²) in [5, 5.41) is 2.98. The monoisotopic (exact) mass is 452 g/mol. The lowest BCUT2D eigenvalue weighted by molar-refractivity contribution is -0.122. The second-order valence-electron chi connectivity index (χ2n) is 7.52. The lowest BCUT2D eigenvalue weighted by Crippen LogP contribution is -2.48. The lowest BCUT2D eigenvalue weighted by atomic mass is 10.0. The second kappa shape index (κ2) is 10.3. The minimum absolute atomic E-state index is 0.200. The van der Waals surface area contributed by atoms with Gasteiger partial charge in [-0.15, -0.1) is 0 Å². The summed E-state index contributed by atoms with van der Waals surface area (Å²) in [7, 11) is -3.71. The molecule has 0 unspecified atom stereocenters. The van der Waals surface area contributed by atoms with Gasteiger partial charge in [0.05, 0.1) is 18.0 Å². The van der Waals surface area contributed by atoms with Gasteiger partial charge in [-0.25, -0.2) is 8.42 Å². The highest BCUT2D eigenvalue weighted by Gasteiger charge is 2.30. The molecule has 0 radical (unpaired) electrons. The van der Waals surface area contributed by atoms with Crippen LogP contribution in [0.25, 0.3) is 0 Å². The van der Waals surface area contributed by atoms with Gasteiger partial charge in [0.25, 0.3) is 0 Å². The molecule has 0 heterocycles. The second-order valence-corrected chi connectivity index (χ2v) is 9.38. The summed E-state index contributed by atoms with van der Waals surface area (Å²) in [5.41, 5.74) is 1.37. The van der Waals surface area contributed by atoms with Crippen LogP contribution < -0.4 is 14.4 Å². The zero-order valence-electron chi connectivity index (χ0n) is 18.4. The van der Waals surface area contributed by atoms with E-state index in [1.807, 2.05) is 67.6 Å². The van der Waals surface area contributed by atoms with Gasteiger partial charge in [0.1, 0.15) is 17.5 Å². The number of amides is 1. The fourth-order valence-electron chi connectivity index (χ4n) is 3.49. The number of ether oxygens (including phenoxy) is 1. The van der Waals surface area contributed by atoms with E-state index in [0.29, 0.717) is 23.6 Å². The fraction of sp³-hybridized carbons (Fsp3) is 0.240. The number of sulfonamides is 1. The van der Waals surface area contributed by atoms with Crippen molar-refractivity contribution in [1.29, 1.82) is 0 Å². The molecule has 0 spiro atoms. The largest absolute Gasteiger partial charge is 0.457 e. The Bertz CT molecular complexity index is 1120. The van der Waals surface area contributed by atoms with Crippen LogP contribution >= 0.6 is 0 Å². The molecule has 0 aliphatic heterocycles. The summed E-state index contributed by atoms with van der Waals surface area (Å²) in [6.07, 6.45) is 1.78. The molecule has 32 heavy (non-hydrogen) atoms. The highest BCUT2D eigenvalue weighted by Crippen LogP contribution is 2.27. The van der Waals surface area contributed by atoms with Crippen molar-refractivity contribution in [2.75, 3.05) is 10.6 Å². The van der Waals surface area contributed by atoms with Crippen molar-refractivity contribution in [1.82, 2.24) is 5.32 Å². The van der Waals surface area contributed by atoms with Gasteiger partial charge in [-0.1, -0.05) is 55.5 Å². The SMILES string of the molecule is CC[C@@H](NC(=O)[C@@H](C)N(c1ccc(Oc2ccccc2)cc1)S(C)(=O)=O)c1ccccc1. The smallest absolute Gasteiger partial charge is 0.244 e. The summed E-state index contributed by atoms with van der Waals surface area (Å²) in [5.74, 6) is 0.885. The molecular formula is C25H28N2O4S. The first-order valence-electron chi connectivity index (χ1n) is 10.5. The molecule has 7 heteroatoms. The van der Waals surface area contributed by atoms with Crippen molar-refractivity contribution in [3.05, 3.63) is 90.5 Å². The molecule has 3 aromatic carbocycles. The first kappa shape index (κ1) is 23.3. The quantitative estimate of drug-likeness (QED) is 0.501. The van der Waals surface area contributed by atoms with Crippen molar-refractivity contribution >= 4 is 21.6 Å². The molecule has 0 aliphatic rings. The van der Waals surface area contributed by atoms with Crippen LogP contribution in [0.15, 0.2) is 84.9 Å². The van der Waals surface area contributed by atoms with E-state index >= 15 is 0 Å². The molecule has 0 aliphatic carbocycles. The number of carbonyl (C=O) groups is 1. The number of nitrogens with zero attached hydrogens (tertiary/aromatic N) is 1. The van der Waals surface area contributed by atoms with E-state index in [-0.39, 0.29) is 11.9 Å². The Morgan fingerprint density at radius 3 is 1.97 bits per heavy atom. The molecule has 3 aromatic rings. The Hall–Kier alpha value is -3.32. The van der Waals surface area contributed by atoms with Gasteiger partial charge >= 0.3 is 0 Å². The molecule has 0 saturated heterocycles. The van der Waals surface area contributed by atoms with Gasteiger partial charge in [-0.3, -0.25) is 9.10 Å². The van der Waals surface area contributed by atoms with Crippen LogP contribution in [0.3, 0.4) is 0 Å². The number of hydrogen-bond acceptors (Lipinski definition) is 4.